The number of fused-ring (bicyclic) bond motifs is 1. The number of para-hydroxylation sites is 1. The summed E-state index contributed by atoms with van der Waals surface area (Å²) in [5.41, 5.74) is 2.84. The minimum Gasteiger partial charge on any atom is -0.488 e. The van der Waals surface area contributed by atoms with Crippen molar-refractivity contribution in [2.24, 2.45) is 0 Å². The molecule has 0 saturated carbocycles. The van der Waals surface area contributed by atoms with E-state index in [2.05, 4.69) is 36.5 Å². The molecule has 0 spiro atoms. The SMILES string of the molecule is CCNC1c2ccccc2CCC1Oc1ccccc1. The number of hydrogen-bond acceptors (Lipinski definition) is 2. The Labute approximate surface area is 120 Å². The van der Waals surface area contributed by atoms with Crippen LogP contribution in [0.25, 0.3) is 0 Å². The van der Waals surface area contributed by atoms with Gasteiger partial charge in [-0.1, -0.05) is 49.4 Å². The standard InChI is InChI=1S/C18H21NO/c1-2-19-18-16-11-7-6-8-14(16)12-13-17(18)20-15-9-4-3-5-10-15/h3-11,17-19H,2,12-13H2,1H3. The van der Waals surface area contributed by atoms with Gasteiger partial charge in [0.25, 0.3) is 0 Å². The van der Waals surface area contributed by atoms with E-state index in [0.29, 0.717) is 0 Å². The third-order valence-electron chi connectivity index (χ3n) is 3.91. The first-order valence-electron chi connectivity index (χ1n) is 7.41. The number of rotatable bonds is 4. The molecule has 104 valence electrons. The number of aryl methyl sites for hydroxylation is 1. The highest BCUT2D eigenvalue weighted by Gasteiger charge is 2.30. The van der Waals surface area contributed by atoms with Crippen LogP contribution in [0, 0.1) is 0 Å². The Kier molecular flexibility index (Phi) is 4.03. The van der Waals surface area contributed by atoms with Gasteiger partial charge in [-0.15, -0.1) is 0 Å². The van der Waals surface area contributed by atoms with Gasteiger partial charge in [0.1, 0.15) is 11.9 Å². The second-order valence-electron chi connectivity index (χ2n) is 5.24. The molecule has 3 rings (SSSR count). The Balaban J connectivity index is 1.84. The fourth-order valence-electron chi connectivity index (χ4n) is 2.99. The van der Waals surface area contributed by atoms with E-state index in [4.69, 9.17) is 4.74 Å². The fraction of sp³-hybridized carbons (Fsp3) is 0.333. The van der Waals surface area contributed by atoms with Crippen molar-refractivity contribution >= 4 is 0 Å². The zero-order valence-corrected chi connectivity index (χ0v) is 11.9. The molecule has 2 atom stereocenters. The van der Waals surface area contributed by atoms with Crippen molar-refractivity contribution in [1.29, 1.82) is 0 Å². The van der Waals surface area contributed by atoms with Gasteiger partial charge in [-0.3, -0.25) is 0 Å². The second-order valence-corrected chi connectivity index (χ2v) is 5.24. The van der Waals surface area contributed by atoms with Crippen molar-refractivity contribution in [1.82, 2.24) is 5.32 Å². The molecule has 2 nitrogen and oxygen atoms in total. The molecule has 1 aliphatic carbocycles. The predicted molar refractivity (Wildman–Crippen MR) is 82.0 cm³/mol. The van der Waals surface area contributed by atoms with Crippen LogP contribution in [0.1, 0.15) is 30.5 Å². The first kappa shape index (κ1) is 13.2. The Hall–Kier alpha value is -1.80. The molecule has 0 aliphatic heterocycles. The Morgan fingerprint density at radius 1 is 1.05 bits per heavy atom. The summed E-state index contributed by atoms with van der Waals surface area (Å²) < 4.78 is 6.21. The lowest BCUT2D eigenvalue weighted by Crippen LogP contribution is -2.39. The molecule has 0 heterocycles. The first-order valence-corrected chi connectivity index (χ1v) is 7.41. The van der Waals surface area contributed by atoms with Crippen molar-refractivity contribution in [3.8, 4) is 5.75 Å². The van der Waals surface area contributed by atoms with Gasteiger partial charge in [0.2, 0.25) is 0 Å². The highest BCUT2D eigenvalue weighted by molar-refractivity contribution is 5.34. The Bertz CT molecular complexity index is 552. The molecule has 2 aromatic rings. The molecule has 0 radical (unpaired) electrons. The highest BCUT2D eigenvalue weighted by Crippen LogP contribution is 2.32. The first-order chi connectivity index (χ1) is 9.88. The van der Waals surface area contributed by atoms with Crippen LogP contribution < -0.4 is 10.1 Å². The van der Waals surface area contributed by atoms with E-state index < -0.39 is 0 Å². The molecule has 2 unspecified atom stereocenters. The van der Waals surface area contributed by atoms with E-state index in [9.17, 15) is 0 Å². The van der Waals surface area contributed by atoms with Crippen LogP contribution in [0.15, 0.2) is 54.6 Å². The molecule has 20 heavy (non-hydrogen) atoms. The van der Waals surface area contributed by atoms with Gasteiger partial charge < -0.3 is 10.1 Å². The number of hydrogen-bond donors (Lipinski definition) is 1. The molecule has 0 bridgehead atoms. The summed E-state index contributed by atoms with van der Waals surface area (Å²) in [6.45, 7) is 3.10. The predicted octanol–water partition coefficient (Wildman–Crippen LogP) is 3.73. The van der Waals surface area contributed by atoms with Crippen LogP contribution in [0.2, 0.25) is 0 Å². The van der Waals surface area contributed by atoms with E-state index in [-0.39, 0.29) is 12.1 Å². The van der Waals surface area contributed by atoms with E-state index in [1.54, 1.807) is 0 Å². The van der Waals surface area contributed by atoms with E-state index in [1.807, 2.05) is 30.3 Å². The van der Waals surface area contributed by atoms with Crippen molar-refractivity contribution < 1.29 is 4.74 Å². The number of benzene rings is 2. The van der Waals surface area contributed by atoms with E-state index in [0.717, 1.165) is 25.1 Å². The topological polar surface area (TPSA) is 21.3 Å². The monoisotopic (exact) mass is 267 g/mol. The van der Waals surface area contributed by atoms with Gasteiger partial charge in [-0.05, 0) is 42.6 Å². The summed E-state index contributed by atoms with van der Waals surface area (Å²) in [4.78, 5) is 0. The molecule has 2 aromatic carbocycles. The normalized spacial score (nSPS) is 21.2. The van der Waals surface area contributed by atoms with Crippen molar-refractivity contribution in [3.05, 3.63) is 65.7 Å². The molecule has 2 heteroatoms. The molecular weight excluding hydrogens is 246 g/mol. The summed E-state index contributed by atoms with van der Waals surface area (Å²) in [6, 6.07) is 19.1. The van der Waals surface area contributed by atoms with Crippen LogP contribution in [-0.2, 0) is 6.42 Å². The smallest absolute Gasteiger partial charge is 0.119 e. The number of ether oxygens (including phenoxy) is 1. The summed E-state index contributed by atoms with van der Waals surface area (Å²) in [5.74, 6) is 0.958. The van der Waals surface area contributed by atoms with Gasteiger partial charge in [0.15, 0.2) is 0 Å². The average molecular weight is 267 g/mol. The van der Waals surface area contributed by atoms with Crippen LogP contribution in [-0.4, -0.2) is 12.6 Å². The third kappa shape index (κ3) is 2.70. The summed E-state index contributed by atoms with van der Waals surface area (Å²) in [6.07, 6.45) is 2.35. The van der Waals surface area contributed by atoms with Crippen LogP contribution in [0.4, 0.5) is 0 Å². The lowest BCUT2D eigenvalue weighted by molar-refractivity contribution is 0.136. The molecule has 0 aromatic heterocycles. The Morgan fingerprint density at radius 2 is 1.80 bits per heavy atom. The summed E-state index contributed by atoms with van der Waals surface area (Å²) in [7, 11) is 0. The lowest BCUT2D eigenvalue weighted by Gasteiger charge is -2.34. The molecule has 1 N–H and O–H groups in total. The van der Waals surface area contributed by atoms with Crippen molar-refractivity contribution in [2.45, 2.75) is 31.9 Å². The second kappa shape index (κ2) is 6.10. The highest BCUT2D eigenvalue weighted by atomic mass is 16.5. The minimum atomic E-state index is 0.201. The van der Waals surface area contributed by atoms with E-state index in [1.165, 1.54) is 11.1 Å². The largest absolute Gasteiger partial charge is 0.488 e. The number of likely N-dealkylation sites (N-methyl/N-ethyl adjacent to an activating group) is 1. The van der Waals surface area contributed by atoms with Crippen LogP contribution in [0.5, 0.6) is 5.75 Å². The maximum Gasteiger partial charge on any atom is 0.119 e. The zero-order valence-electron chi connectivity index (χ0n) is 11.9. The van der Waals surface area contributed by atoms with Crippen LogP contribution >= 0.6 is 0 Å². The maximum absolute atomic E-state index is 6.21. The molecule has 1 aliphatic rings. The molecular formula is C18H21NO. The molecule has 0 amide bonds. The summed E-state index contributed by atoms with van der Waals surface area (Å²) in [5, 5.41) is 3.59. The lowest BCUT2D eigenvalue weighted by atomic mass is 9.85. The minimum absolute atomic E-state index is 0.201. The van der Waals surface area contributed by atoms with E-state index >= 15 is 0 Å². The van der Waals surface area contributed by atoms with Crippen molar-refractivity contribution in [2.75, 3.05) is 6.54 Å². The molecule has 0 saturated heterocycles. The fourth-order valence-corrected chi connectivity index (χ4v) is 2.99. The van der Waals surface area contributed by atoms with Gasteiger partial charge in [-0.2, -0.15) is 0 Å². The van der Waals surface area contributed by atoms with Gasteiger partial charge >= 0.3 is 0 Å². The van der Waals surface area contributed by atoms with Crippen molar-refractivity contribution in [3.63, 3.8) is 0 Å². The average Bonchev–Trinajstić information content (AvgIpc) is 2.51. The zero-order chi connectivity index (χ0) is 13.8. The van der Waals surface area contributed by atoms with Gasteiger partial charge in [0, 0.05) is 0 Å². The number of nitrogens with one attached hydrogen (secondary N) is 1. The van der Waals surface area contributed by atoms with Crippen LogP contribution in [0.3, 0.4) is 0 Å². The van der Waals surface area contributed by atoms with Gasteiger partial charge in [0.05, 0.1) is 6.04 Å². The Morgan fingerprint density at radius 3 is 2.60 bits per heavy atom. The third-order valence-corrected chi connectivity index (χ3v) is 3.91. The van der Waals surface area contributed by atoms with Gasteiger partial charge in [-0.25, -0.2) is 0 Å². The summed E-state index contributed by atoms with van der Waals surface area (Å²) >= 11 is 0. The molecule has 0 fully saturated rings. The maximum atomic E-state index is 6.21. The quantitative estimate of drug-likeness (QED) is 0.911.